The highest BCUT2D eigenvalue weighted by Crippen LogP contribution is 2.22. The van der Waals surface area contributed by atoms with Crippen LogP contribution in [0.2, 0.25) is 0 Å². The first kappa shape index (κ1) is 15.9. The number of aliphatic hydroxyl groups is 2. The largest absolute Gasteiger partial charge is 0.393 e. The zero-order valence-corrected chi connectivity index (χ0v) is 13.5. The van der Waals surface area contributed by atoms with E-state index in [1.807, 2.05) is 19.9 Å². The van der Waals surface area contributed by atoms with E-state index in [0.29, 0.717) is 43.7 Å². The fourth-order valence-corrected chi connectivity index (χ4v) is 3.05. The van der Waals surface area contributed by atoms with E-state index in [4.69, 9.17) is 0 Å². The highest BCUT2D eigenvalue weighted by atomic mass is 16.3. The molecule has 2 N–H and O–H groups in total. The van der Waals surface area contributed by atoms with E-state index in [1.54, 1.807) is 15.5 Å². The fraction of sp³-hybridized carbons (Fsp3) is 0.562. The first-order valence-corrected chi connectivity index (χ1v) is 7.88. The van der Waals surface area contributed by atoms with Crippen LogP contribution in [0, 0.1) is 13.8 Å². The van der Waals surface area contributed by atoms with Crippen molar-refractivity contribution >= 4 is 11.6 Å². The van der Waals surface area contributed by atoms with Crippen LogP contribution in [0.4, 0.5) is 0 Å². The molecule has 3 heterocycles. The molecule has 0 bridgehead atoms. The third-order valence-corrected chi connectivity index (χ3v) is 4.45. The average molecular weight is 318 g/mol. The molecule has 1 atom stereocenters. The van der Waals surface area contributed by atoms with Crippen LogP contribution >= 0.6 is 0 Å². The molecular weight excluding hydrogens is 296 g/mol. The molecule has 0 saturated carbocycles. The van der Waals surface area contributed by atoms with E-state index >= 15 is 0 Å². The maximum atomic E-state index is 12.7. The average Bonchev–Trinajstić information content (AvgIpc) is 2.79. The van der Waals surface area contributed by atoms with Gasteiger partial charge in [0.1, 0.15) is 5.69 Å². The highest BCUT2D eigenvalue weighted by molar-refractivity contribution is 5.93. The van der Waals surface area contributed by atoms with E-state index in [-0.39, 0.29) is 12.5 Å². The molecule has 1 aliphatic rings. The molecule has 3 rings (SSSR count). The van der Waals surface area contributed by atoms with Crippen LogP contribution < -0.4 is 0 Å². The van der Waals surface area contributed by atoms with Gasteiger partial charge in [0.25, 0.3) is 5.91 Å². The van der Waals surface area contributed by atoms with Gasteiger partial charge in [-0.2, -0.15) is 5.10 Å². The molecule has 7 nitrogen and oxygen atoms in total. The topological polar surface area (TPSA) is 91.0 Å². The van der Waals surface area contributed by atoms with Crippen molar-refractivity contribution in [3.63, 3.8) is 0 Å². The van der Waals surface area contributed by atoms with Gasteiger partial charge in [0, 0.05) is 24.8 Å². The molecular formula is C16H22N4O3. The van der Waals surface area contributed by atoms with Gasteiger partial charge in [0.2, 0.25) is 0 Å². The first-order valence-electron chi connectivity index (χ1n) is 7.88. The SMILES string of the molecule is Cc1cc2nc(C(=O)N3CCC[C@](O)(CO)CC3)cc(C)n2n1. The summed E-state index contributed by atoms with van der Waals surface area (Å²) in [6, 6.07) is 3.58. The number of rotatable bonds is 2. The molecule has 0 radical (unpaired) electrons. The van der Waals surface area contributed by atoms with Gasteiger partial charge in [-0.1, -0.05) is 0 Å². The predicted octanol–water partition coefficient (Wildman–Crippen LogP) is 0.696. The first-order chi connectivity index (χ1) is 10.9. The summed E-state index contributed by atoms with van der Waals surface area (Å²) in [6.07, 6.45) is 1.54. The number of aryl methyl sites for hydroxylation is 2. The van der Waals surface area contributed by atoms with Crippen molar-refractivity contribution in [3.8, 4) is 0 Å². The summed E-state index contributed by atoms with van der Waals surface area (Å²) in [6.45, 7) is 4.49. The normalized spacial score (nSPS) is 22.3. The predicted molar refractivity (Wildman–Crippen MR) is 84.3 cm³/mol. The van der Waals surface area contributed by atoms with Crippen LogP contribution in [0.1, 0.15) is 41.1 Å². The Kier molecular flexibility index (Phi) is 4.08. The number of amides is 1. The van der Waals surface area contributed by atoms with Gasteiger partial charge in [0.05, 0.1) is 17.9 Å². The zero-order chi connectivity index (χ0) is 16.6. The summed E-state index contributed by atoms with van der Waals surface area (Å²) in [4.78, 5) is 18.9. The van der Waals surface area contributed by atoms with Crippen molar-refractivity contribution in [2.24, 2.45) is 0 Å². The molecule has 1 saturated heterocycles. The van der Waals surface area contributed by atoms with Crippen LogP contribution in [-0.2, 0) is 0 Å². The Morgan fingerprint density at radius 3 is 2.83 bits per heavy atom. The van der Waals surface area contributed by atoms with Crippen LogP contribution in [-0.4, -0.2) is 60.9 Å². The second kappa shape index (κ2) is 5.90. The highest BCUT2D eigenvalue weighted by Gasteiger charge is 2.31. The van der Waals surface area contributed by atoms with Gasteiger partial charge in [-0.25, -0.2) is 9.50 Å². The van der Waals surface area contributed by atoms with Crippen LogP contribution in [0.3, 0.4) is 0 Å². The number of hydrogen-bond acceptors (Lipinski definition) is 5. The van der Waals surface area contributed by atoms with E-state index in [2.05, 4.69) is 10.1 Å². The molecule has 2 aromatic heterocycles. The molecule has 0 aromatic carbocycles. The number of carbonyl (C=O) groups is 1. The van der Waals surface area contributed by atoms with Crippen molar-refractivity contribution < 1.29 is 15.0 Å². The minimum Gasteiger partial charge on any atom is -0.393 e. The summed E-state index contributed by atoms with van der Waals surface area (Å²) in [5, 5.41) is 23.8. The maximum absolute atomic E-state index is 12.7. The van der Waals surface area contributed by atoms with Gasteiger partial charge in [0.15, 0.2) is 5.65 Å². The van der Waals surface area contributed by atoms with Crippen molar-refractivity contribution in [2.75, 3.05) is 19.7 Å². The third kappa shape index (κ3) is 3.07. The van der Waals surface area contributed by atoms with Crippen molar-refractivity contribution in [3.05, 3.63) is 29.2 Å². The van der Waals surface area contributed by atoms with Gasteiger partial charge in [-0.3, -0.25) is 4.79 Å². The van der Waals surface area contributed by atoms with E-state index < -0.39 is 5.60 Å². The van der Waals surface area contributed by atoms with Gasteiger partial charge in [-0.05, 0) is 39.2 Å². The van der Waals surface area contributed by atoms with Gasteiger partial charge < -0.3 is 15.1 Å². The number of carbonyl (C=O) groups excluding carboxylic acids is 1. The number of aromatic nitrogens is 3. The molecule has 2 aromatic rings. The summed E-state index contributed by atoms with van der Waals surface area (Å²) < 4.78 is 1.72. The monoisotopic (exact) mass is 318 g/mol. The van der Waals surface area contributed by atoms with E-state index in [9.17, 15) is 15.0 Å². The second-order valence-electron chi connectivity index (χ2n) is 6.37. The van der Waals surface area contributed by atoms with Gasteiger partial charge in [-0.15, -0.1) is 0 Å². The van der Waals surface area contributed by atoms with Gasteiger partial charge >= 0.3 is 0 Å². The summed E-state index contributed by atoms with van der Waals surface area (Å²) in [7, 11) is 0. The van der Waals surface area contributed by atoms with Crippen LogP contribution in [0.15, 0.2) is 12.1 Å². The Labute approximate surface area is 134 Å². The molecule has 7 heteroatoms. The number of likely N-dealkylation sites (tertiary alicyclic amines) is 1. The lowest BCUT2D eigenvalue weighted by Crippen LogP contribution is -2.36. The molecule has 0 unspecified atom stereocenters. The number of fused-ring (bicyclic) bond motifs is 1. The van der Waals surface area contributed by atoms with Crippen molar-refractivity contribution in [1.29, 1.82) is 0 Å². The number of aliphatic hydroxyl groups excluding tert-OH is 1. The smallest absolute Gasteiger partial charge is 0.272 e. The lowest BCUT2D eigenvalue weighted by Gasteiger charge is -2.24. The van der Waals surface area contributed by atoms with Crippen molar-refractivity contribution in [2.45, 2.75) is 38.7 Å². The van der Waals surface area contributed by atoms with E-state index in [1.165, 1.54) is 0 Å². The Hall–Kier alpha value is -1.99. The zero-order valence-electron chi connectivity index (χ0n) is 13.5. The molecule has 1 amide bonds. The Bertz CT molecular complexity index is 742. The quantitative estimate of drug-likeness (QED) is 0.850. The lowest BCUT2D eigenvalue weighted by molar-refractivity contribution is -0.0250. The number of hydrogen-bond donors (Lipinski definition) is 2. The fourth-order valence-electron chi connectivity index (χ4n) is 3.05. The summed E-state index contributed by atoms with van der Waals surface area (Å²) >= 11 is 0. The van der Waals surface area contributed by atoms with E-state index in [0.717, 1.165) is 11.4 Å². The minimum atomic E-state index is -1.08. The Balaban J connectivity index is 1.85. The standard InChI is InChI=1S/C16H22N4O3/c1-11-8-14-17-13(9-12(2)20(14)18-11)15(22)19-6-3-4-16(23,10-21)5-7-19/h8-9,21,23H,3-7,10H2,1-2H3/t16-/m1/s1. The molecule has 124 valence electrons. The molecule has 1 fully saturated rings. The lowest BCUT2D eigenvalue weighted by atomic mass is 9.96. The summed E-state index contributed by atoms with van der Waals surface area (Å²) in [5.41, 5.74) is 1.68. The molecule has 0 spiro atoms. The van der Waals surface area contributed by atoms with Crippen LogP contribution in [0.25, 0.3) is 5.65 Å². The maximum Gasteiger partial charge on any atom is 0.272 e. The minimum absolute atomic E-state index is 0.142. The summed E-state index contributed by atoms with van der Waals surface area (Å²) in [5.74, 6) is -0.142. The third-order valence-electron chi connectivity index (χ3n) is 4.45. The number of nitrogens with zero attached hydrogens (tertiary/aromatic N) is 4. The second-order valence-corrected chi connectivity index (χ2v) is 6.37. The molecule has 1 aliphatic heterocycles. The molecule has 23 heavy (non-hydrogen) atoms. The van der Waals surface area contributed by atoms with Crippen molar-refractivity contribution in [1.82, 2.24) is 19.5 Å². The van der Waals surface area contributed by atoms with Crippen LogP contribution in [0.5, 0.6) is 0 Å². The Morgan fingerprint density at radius 1 is 1.30 bits per heavy atom. The molecule has 0 aliphatic carbocycles. The Morgan fingerprint density at radius 2 is 2.09 bits per heavy atom.